The van der Waals surface area contributed by atoms with Crippen LogP contribution in [0, 0.1) is 0 Å². The van der Waals surface area contributed by atoms with Crippen molar-refractivity contribution in [2.75, 3.05) is 55.0 Å². The predicted octanol–water partition coefficient (Wildman–Crippen LogP) is 3.02. The lowest BCUT2D eigenvalue weighted by atomic mass is 10.0. The number of para-hydroxylation sites is 1. The van der Waals surface area contributed by atoms with Gasteiger partial charge in [0.25, 0.3) is 0 Å². The number of anilines is 3. The SMILES string of the molecule is CN(C)c1ccc(N2CCN(c3nc4cccc5c4n3CCC5=O)CC2)cc1. The number of carbonyl (C=O) groups is 1. The molecular formula is C22H25N5O. The maximum Gasteiger partial charge on any atom is 0.206 e. The summed E-state index contributed by atoms with van der Waals surface area (Å²) in [5.74, 6) is 1.24. The number of piperazine rings is 1. The van der Waals surface area contributed by atoms with Gasteiger partial charge in [0.05, 0.1) is 11.0 Å². The lowest BCUT2D eigenvalue weighted by molar-refractivity contribution is 0.0973. The Balaban J connectivity index is 1.37. The predicted molar refractivity (Wildman–Crippen MR) is 114 cm³/mol. The van der Waals surface area contributed by atoms with E-state index in [1.54, 1.807) is 0 Å². The van der Waals surface area contributed by atoms with Gasteiger partial charge in [0.15, 0.2) is 5.78 Å². The van der Waals surface area contributed by atoms with Gasteiger partial charge in [-0.25, -0.2) is 4.98 Å². The molecule has 6 heteroatoms. The molecule has 1 fully saturated rings. The Labute approximate surface area is 165 Å². The summed E-state index contributed by atoms with van der Waals surface area (Å²) in [6.45, 7) is 4.53. The number of aromatic nitrogens is 2. The summed E-state index contributed by atoms with van der Waals surface area (Å²) >= 11 is 0. The van der Waals surface area contributed by atoms with E-state index in [0.717, 1.165) is 55.3 Å². The van der Waals surface area contributed by atoms with E-state index in [-0.39, 0.29) is 5.78 Å². The van der Waals surface area contributed by atoms with Gasteiger partial charge in [-0.1, -0.05) is 6.07 Å². The highest BCUT2D eigenvalue weighted by Crippen LogP contribution is 2.31. The zero-order chi connectivity index (χ0) is 19.3. The molecule has 0 bridgehead atoms. The van der Waals surface area contributed by atoms with Gasteiger partial charge < -0.3 is 19.3 Å². The first-order chi connectivity index (χ1) is 13.6. The average molecular weight is 375 g/mol. The quantitative estimate of drug-likeness (QED) is 0.704. The van der Waals surface area contributed by atoms with Crippen LogP contribution in [-0.4, -0.2) is 55.6 Å². The molecule has 0 N–H and O–H groups in total. The number of benzene rings is 2. The molecule has 6 nitrogen and oxygen atoms in total. The van der Waals surface area contributed by atoms with Gasteiger partial charge in [0, 0.05) is 70.2 Å². The van der Waals surface area contributed by atoms with E-state index in [1.165, 1.54) is 11.4 Å². The van der Waals surface area contributed by atoms with Crippen LogP contribution in [-0.2, 0) is 6.54 Å². The molecule has 2 aliphatic rings. The van der Waals surface area contributed by atoms with Crippen LogP contribution >= 0.6 is 0 Å². The minimum Gasteiger partial charge on any atom is -0.378 e. The molecule has 0 atom stereocenters. The summed E-state index contributed by atoms with van der Waals surface area (Å²) in [5, 5.41) is 0. The van der Waals surface area contributed by atoms with Crippen molar-refractivity contribution in [1.82, 2.24) is 9.55 Å². The number of nitrogens with zero attached hydrogens (tertiary/aromatic N) is 5. The second-order valence-corrected chi connectivity index (χ2v) is 7.79. The average Bonchev–Trinajstić information content (AvgIpc) is 3.11. The number of Topliss-reactive ketones (excluding diaryl/α,β-unsaturated/α-hetero) is 1. The Bertz CT molecular complexity index is 1030. The molecule has 0 aliphatic carbocycles. The molecule has 0 radical (unpaired) electrons. The fourth-order valence-electron chi connectivity index (χ4n) is 4.33. The van der Waals surface area contributed by atoms with E-state index >= 15 is 0 Å². The van der Waals surface area contributed by atoms with E-state index in [9.17, 15) is 4.79 Å². The van der Waals surface area contributed by atoms with Crippen LogP contribution in [0.15, 0.2) is 42.5 Å². The molecule has 28 heavy (non-hydrogen) atoms. The van der Waals surface area contributed by atoms with Crippen LogP contribution in [0.3, 0.4) is 0 Å². The third-order valence-corrected chi connectivity index (χ3v) is 5.90. The standard InChI is InChI=1S/C22H25N5O/c1-24(2)16-6-8-17(9-7-16)25-12-14-26(15-13-25)22-23-19-5-3-4-18-20(28)10-11-27(22)21(18)19/h3-9H,10-15H2,1-2H3. The summed E-state index contributed by atoms with van der Waals surface area (Å²) < 4.78 is 2.24. The van der Waals surface area contributed by atoms with Crippen LogP contribution in [0.1, 0.15) is 16.8 Å². The maximum atomic E-state index is 12.3. The van der Waals surface area contributed by atoms with Crippen molar-refractivity contribution < 1.29 is 4.79 Å². The zero-order valence-electron chi connectivity index (χ0n) is 16.4. The second-order valence-electron chi connectivity index (χ2n) is 7.79. The first kappa shape index (κ1) is 17.1. The number of hydrogen-bond acceptors (Lipinski definition) is 5. The van der Waals surface area contributed by atoms with E-state index in [4.69, 9.17) is 4.98 Å². The number of aryl methyl sites for hydroxylation is 1. The zero-order valence-corrected chi connectivity index (χ0v) is 16.4. The molecule has 144 valence electrons. The normalized spacial score (nSPS) is 16.7. The molecule has 3 aromatic rings. The molecule has 2 aromatic carbocycles. The highest BCUT2D eigenvalue weighted by molar-refractivity contribution is 6.08. The van der Waals surface area contributed by atoms with Crippen molar-refractivity contribution in [3.63, 3.8) is 0 Å². The minimum absolute atomic E-state index is 0.232. The van der Waals surface area contributed by atoms with Crippen LogP contribution in [0.2, 0.25) is 0 Å². The van der Waals surface area contributed by atoms with Gasteiger partial charge in [0.1, 0.15) is 0 Å². The number of rotatable bonds is 3. The van der Waals surface area contributed by atoms with Crippen molar-refractivity contribution in [3.8, 4) is 0 Å². The lowest BCUT2D eigenvalue weighted by Crippen LogP contribution is -2.47. The summed E-state index contributed by atoms with van der Waals surface area (Å²) in [6, 6.07) is 14.6. The highest BCUT2D eigenvalue weighted by atomic mass is 16.1. The molecule has 2 aliphatic heterocycles. The minimum atomic E-state index is 0.232. The van der Waals surface area contributed by atoms with Crippen LogP contribution in [0.25, 0.3) is 11.0 Å². The van der Waals surface area contributed by atoms with E-state index in [2.05, 4.69) is 57.6 Å². The summed E-state index contributed by atoms with van der Waals surface area (Å²) in [4.78, 5) is 24.1. The molecule has 0 spiro atoms. The molecule has 3 heterocycles. The maximum absolute atomic E-state index is 12.3. The van der Waals surface area contributed by atoms with Crippen LogP contribution in [0.4, 0.5) is 17.3 Å². The Morgan fingerprint density at radius 1 is 0.893 bits per heavy atom. The van der Waals surface area contributed by atoms with E-state index in [1.807, 2.05) is 18.2 Å². The van der Waals surface area contributed by atoms with E-state index < -0.39 is 0 Å². The van der Waals surface area contributed by atoms with Crippen molar-refractivity contribution in [2.45, 2.75) is 13.0 Å². The molecule has 0 amide bonds. The Kier molecular flexibility index (Phi) is 4.00. The van der Waals surface area contributed by atoms with Gasteiger partial charge >= 0.3 is 0 Å². The Morgan fingerprint density at radius 3 is 2.32 bits per heavy atom. The summed E-state index contributed by atoms with van der Waals surface area (Å²) in [5.41, 5.74) is 5.25. The first-order valence-corrected chi connectivity index (χ1v) is 9.91. The second kappa shape index (κ2) is 6.55. The smallest absolute Gasteiger partial charge is 0.206 e. The van der Waals surface area contributed by atoms with Gasteiger partial charge in [0.2, 0.25) is 5.95 Å². The number of carbonyl (C=O) groups excluding carboxylic acids is 1. The summed E-state index contributed by atoms with van der Waals surface area (Å²) in [6.07, 6.45) is 0.563. The number of hydrogen-bond donors (Lipinski definition) is 0. The molecule has 0 saturated carbocycles. The molecule has 1 aromatic heterocycles. The molecular weight excluding hydrogens is 350 g/mol. The third-order valence-electron chi connectivity index (χ3n) is 5.90. The monoisotopic (exact) mass is 375 g/mol. The van der Waals surface area contributed by atoms with Crippen molar-refractivity contribution >= 4 is 34.1 Å². The fraction of sp³-hybridized carbons (Fsp3) is 0.364. The molecule has 1 saturated heterocycles. The third kappa shape index (κ3) is 2.71. The topological polar surface area (TPSA) is 44.6 Å². The van der Waals surface area contributed by atoms with Crippen molar-refractivity contribution in [2.24, 2.45) is 0 Å². The van der Waals surface area contributed by atoms with Gasteiger partial charge in [-0.05, 0) is 36.4 Å². The summed E-state index contributed by atoms with van der Waals surface area (Å²) in [7, 11) is 4.13. The number of imidazole rings is 1. The van der Waals surface area contributed by atoms with Crippen LogP contribution < -0.4 is 14.7 Å². The van der Waals surface area contributed by atoms with Gasteiger partial charge in [-0.15, -0.1) is 0 Å². The molecule has 0 unspecified atom stereocenters. The highest BCUT2D eigenvalue weighted by Gasteiger charge is 2.27. The Morgan fingerprint density at radius 2 is 1.61 bits per heavy atom. The van der Waals surface area contributed by atoms with Crippen LogP contribution in [0.5, 0.6) is 0 Å². The molecule has 5 rings (SSSR count). The van der Waals surface area contributed by atoms with Crippen molar-refractivity contribution in [1.29, 1.82) is 0 Å². The van der Waals surface area contributed by atoms with Crippen molar-refractivity contribution in [3.05, 3.63) is 48.0 Å². The van der Waals surface area contributed by atoms with Gasteiger partial charge in [-0.2, -0.15) is 0 Å². The first-order valence-electron chi connectivity index (χ1n) is 9.91. The number of ketones is 1. The van der Waals surface area contributed by atoms with E-state index in [0.29, 0.717) is 6.42 Å². The largest absolute Gasteiger partial charge is 0.378 e. The Hall–Kier alpha value is -3.02. The van der Waals surface area contributed by atoms with Gasteiger partial charge in [-0.3, -0.25) is 4.79 Å². The lowest BCUT2D eigenvalue weighted by Gasteiger charge is -2.37. The fourth-order valence-corrected chi connectivity index (χ4v) is 4.33.